The van der Waals surface area contributed by atoms with Gasteiger partial charge in [0, 0.05) is 5.69 Å². The molecule has 0 radical (unpaired) electrons. The standard InChI is InChI=1S/C23H19FN2O3/c1-14-8-9-19(15(2)11-14)20-21(25-17-6-3-5-16(24)12-17)23(28)26(22(20)27)13-18-7-4-10-29-18/h3-12,25H,13H2,1-2H3. The SMILES string of the molecule is Cc1ccc(C2=C(Nc3cccc(F)c3)C(=O)N(Cc3ccco3)C2=O)c(C)c1. The first-order valence-corrected chi connectivity index (χ1v) is 9.17. The Bertz CT molecular complexity index is 1130. The van der Waals surface area contributed by atoms with Gasteiger partial charge >= 0.3 is 0 Å². The number of carbonyl (C=O) groups is 2. The van der Waals surface area contributed by atoms with E-state index in [0.717, 1.165) is 16.0 Å². The molecule has 1 aliphatic heterocycles. The lowest BCUT2D eigenvalue weighted by atomic mass is 9.97. The molecule has 6 heteroatoms. The lowest BCUT2D eigenvalue weighted by Gasteiger charge is -2.14. The molecule has 29 heavy (non-hydrogen) atoms. The second-order valence-corrected chi connectivity index (χ2v) is 6.98. The molecule has 1 N–H and O–H groups in total. The lowest BCUT2D eigenvalue weighted by Crippen LogP contribution is -2.31. The molecule has 0 unspecified atom stereocenters. The maximum Gasteiger partial charge on any atom is 0.278 e. The number of halogens is 1. The van der Waals surface area contributed by atoms with Crippen LogP contribution in [-0.2, 0) is 16.1 Å². The van der Waals surface area contributed by atoms with Crippen molar-refractivity contribution in [2.75, 3.05) is 5.32 Å². The zero-order chi connectivity index (χ0) is 20.5. The molecule has 2 heterocycles. The van der Waals surface area contributed by atoms with E-state index in [2.05, 4.69) is 5.32 Å². The number of carbonyl (C=O) groups excluding carboxylic acids is 2. The van der Waals surface area contributed by atoms with Crippen LogP contribution in [0.15, 0.2) is 71.0 Å². The Kier molecular flexibility index (Phi) is 4.76. The van der Waals surface area contributed by atoms with Crippen molar-refractivity contribution in [3.63, 3.8) is 0 Å². The average molecular weight is 390 g/mol. The number of anilines is 1. The van der Waals surface area contributed by atoms with Crippen LogP contribution < -0.4 is 5.32 Å². The zero-order valence-electron chi connectivity index (χ0n) is 16.0. The van der Waals surface area contributed by atoms with Crippen molar-refractivity contribution in [3.8, 4) is 0 Å². The van der Waals surface area contributed by atoms with Crippen LogP contribution in [0, 0.1) is 19.7 Å². The average Bonchev–Trinajstić information content (AvgIpc) is 3.26. The first-order chi connectivity index (χ1) is 13.9. The van der Waals surface area contributed by atoms with Crippen LogP contribution >= 0.6 is 0 Å². The van der Waals surface area contributed by atoms with Crippen molar-refractivity contribution in [2.45, 2.75) is 20.4 Å². The van der Waals surface area contributed by atoms with E-state index in [1.165, 1.54) is 24.5 Å². The normalized spacial score (nSPS) is 14.1. The van der Waals surface area contributed by atoms with Crippen LogP contribution in [0.25, 0.3) is 5.57 Å². The van der Waals surface area contributed by atoms with Crippen LogP contribution in [-0.4, -0.2) is 16.7 Å². The van der Waals surface area contributed by atoms with Crippen molar-refractivity contribution < 1.29 is 18.4 Å². The van der Waals surface area contributed by atoms with E-state index in [-0.39, 0.29) is 17.8 Å². The predicted octanol–water partition coefficient (Wildman–Crippen LogP) is 4.43. The van der Waals surface area contributed by atoms with E-state index in [4.69, 9.17) is 4.42 Å². The summed E-state index contributed by atoms with van der Waals surface area (Å²) in [5.74, 6) is -0.838. The number of furan rings is 1. The Balaban J connectivity index is 1.80. The molecule has 0 saturated carbocycles. The minimum absolute atomic E-state index is 0.0212. The summed E-state index contributed by atoms with van der Waals surface area (Å²) in [5.41, 5.74) is 3.37. The number of benzene rings is 2. The summed E-state index contributed by atoms with van der Waals surface area (Å²) >= 11 is 0. The van der Waals surface area contributed by atoms with E-state index in [0.29, 0.717) is 17.0 Å². The summed E-state index contributed by atoms with van der Waals surface area (Å²) in [7, 11) is 0. The number of aryl methyl sites for hydroxylation is 2. The van der Waals surface area contributed by atoms with E-state index in [1.807, 2.05) is 32.0 Å². The molecule has 4 rings (SSSR count). The van der Waals surface area contributed by atoms with Gasteiger partial charge in [0.25, 0.3) is 11.8 Å². The van der Waals surface area contributed by atoms with Crippen molar-refractivity contribution in [3.05, 3.63) is 94.8 Å². The fourth-order valence-electron chi connectivity index (χ4n) is 3.45. The number of amides is 2. The minimum Gasteiger partial charge on any atom is -0.467 e. The molecule has 2 aromatic carbocycles. The smallest absolute Gasteiger partial charge is 0.278 e. The van der Waals surface area contributed by atoms with E-state index in [9.17, 15) is 14.0 Å². The van der Waals surface area contributed by atoms with Crippen LogP contribution in [0.3, 0.4) is 0 Å². The van der Waals surface area contributed by atoms with Crippen LogP contribution in [0.5, 0.6) is 0 Å². The zero-order valence-corrected chi connectivity index (χ0v) is 16.0. The van der Waals surface area contributed by atoms with Gasteiger partial charge in [0.2, 0.25) is 0 Å². The third-order valence-corrected chi connectivity index (χ3v) is 4.81. The summed E-state index contributed by atoms with van der Waals surface area (Å²) in [6.45, 7) is 3.87. The molecule has 0 saturated heterocycles. The Morgan fingerprint density at radius 1 is 1.00 bits per heavy atom. The molecular formula is C23H19FN2O3. The number of hydrogen-bond donors (Lipinski definition) is 1. The van der Waals surface area contributed by atoms with Gasteiger partial charge < -0.3 is 9.73 Å². The fraction of sp³-hybridized carbons (Fsp3) is 0.130. The van der Waals surface area contributed by atoms with Gasteiger partial charge in [0.1, 0.15) is 17.3 Å². The number of hydrogen-bond acceptors (Lipinski definition) is 4. The van der Waals surface area contributed by atoms with Gasteiger partial charge in [-0.05, 0) is 55.3 Å². The first-order valence-electron chi connectivity index (χ1n) is 9.17. The summed E-state index contributed by atoms with van der Waals surface area (Å²) in [4.78, 5) is 27.5. The largest absolute Gasteiger partial charge is 0.467 e. The highest BCUT2D eigenvalue weighted by atomic mass is 19.1. The third kappa shape index (κ3) is 3.57. The molecule has 0 fully saturated rings. The van der Waals surface area contributed by atoms with Crippen LogP contribution in [0.2, 0.25) is 0 Å². The van der Waals surface area contributed by atoms with Gasteiger partial charge in [-0.2, -0.15) is 0 Å². The number of nitrogens with zero attached hydrogens (tertiary/aromatic N) is 1. The monoisotopic (exact) mass is 390 g/mol. The summed E-state index contributed by atoms with van der Waals surface area (Å²) in [5, 5.41) is 2.96. The van der Waals surface area contributed by atoms with E-state index < -0.39 is 17.6 Å². The quantitative estimate of drug-likeness (QED) is 0.655. The van der Waals surface area contributed by atoms with Gasteiger partial charge in [-0.3, -0.25) is 14.5 Å². The number of nitrogens with one attached hydrogen (secondary N) is 1. The highest BCUT2D eigenvalue weighted by Crippen LogP contribution is 2.33. The van der Waals surface area contributed by atoms with E-state index in [1.54, 1.807) is 18.2 Å². The Hall–Kier alpha value is -3.67. The molecule has 146 valence electrons. The van der Waals surface area contributed by atoms with E-state index >= 15 is 0 Å². The van der Waals surface area contributed by atoms with Crippen molar-refractivity contribution in [1.29, 1.82) is 0 Å². The minimum atomic E-state index is -0.481. The highest BCUT2D eigenvalue weighted by Gasteiger charge is 2.40. The van der Waals surface area contributed by atoms with Gasteiger partial charge in [-0.25, -0.2) is 4.39 Å². The molecule has 0 bridgehead atoms. The van der Waals surface area contributed by atoms with Crippen molar-refractivity contribution >= 4 is 23.1 Å². The number of rotatable bonds is 5. The highest BCUT2D eigenvalue weighted by molar-refractivity contribution is 6.36. The number of imide groups is 1. The maximum absolute atomic E-state index is 13.6. The van der Waals surface area contributed by atoms with Crippen molar-refractivity contribution in [1.82, 2.24) is 4.90 Å². The topological polar surface area (TPSA) is 62.6 Å². The summed E-state index contributed by atoms with van der Waals surface area (Å²) in [6.07, 6.45) is 1.49. The van der Waals surface area contributed by atoms with Crippen molar-refractivity contribution in [2.24, 2.45) is 0 Å². The molecule has 5 nitrogen and oxygen atoms in total. The summed E-state index contributed by atoms with van der Waals surface area (Å²) in [6, 6.07) is 14.8. The van der Waals surface area contributed by atoms with Crippen LogP contribution in [0.4, 0.5) is 10.1 Å². The second-order valence-electron chi connectivity index (χ2n) is 6.98. The first kappa shape index (κ1) is 18.7. The van der Waals surface area contributed by atoms with Crippen LogP contribution in [0.1, 0.15) is 22.5 Å². The molecular weight excluding hydrogens is 371 g/mol. The summed E-state index contributed by atoms with van der Waals surface area (Å²) < 4.78 is 18.9. The van der Waals surface area contributed by atoms with Gasteiger partial charge in [-0.1, -0.05) is 29.8 Å². The van der Waals surface area contributed by atoms with Gasteiger partial charge in [0.05, 0.1) is 18.4 Å². The molecule has 1 aliphatic rings. The second kappa shape index (κ2) is 7.39. The molecule has 0 atom stereocenters. The Morgan fingerprint density at radius 3 is 2.52 bits per heavy atom. The maximum atomic E-state index is 13.6. The fourth-order valence-corrected chi connectivity index (χ4v) is 3.45. The molecule has 1 aromatic heterocycles. The van der Waals surface area contributed by atoms with Gasteiger partial charge in [-0.15, -0.1) is 0 Å². The molecule has 0 spiro atoms. The Labute approximate surface area is 167 Å². The lowest BCUT2D eigenvalue weighted by molar-refractivity contribution is -0.137. The van der Waals surface area contributed by atoms with Gasteiger partial charge in [0.15, 0.2) is 0 Å². The predicted molar refractivity (Wildman–Crippen MR) is 107 cm³/mol. The Morgan fingerprint density at radius 2 is 1.83 bits per heavy atom. The molecule has 3 aromatic rings. The molecule has 2 amide bonds. The molecule has 0 aliphatic carbocycles. The third-order valence-electron chi connectivity index (χ3n) is 4.81.